The number of halogens is 3. The molecule has 10 heteroatoms. The van der Waals surface area contributed by atoms with Crippen molar-refractivity contribution >= 4 is 17.8 Å². The number of amides is 1. The highest BCUT2D eigenvalue weighted by Crippen LogP contribution is 2.48. The van der Waals surface area contributed by atoms with Crippen LogP contribution in [0.5, 0.6) is 0 Å². The molecule has 0 N–H and O–H groups in total. The summed E-state index contributed by atoms with van der Waals surface area (Å²) in [5, 5.41) is 0. The molecule has 0 aromatic heterocycles. The van der Waals surface area contributed by atoms with Crippen molar-refractivity contribution in [3.63, 3.8) is 0 Å². The second-order valence-electron chi connectivity index (χ2n) is 11.1. The van der Waals surface area contributed by atoms with Crippen molar-refractivity contribution in [3.8, 4) is 0 Å². The largest absolute Gasteiger partial charge is 0.471 e. The number of hydrogen-bond acceptors (Lipinski definition) is 6. The quantitative estimate of drug-likeness (QED) is 0.488. The lowest BCUT2D eigenvalue weighted by molar-refractivity contribution is -0.195. The van der Waals surface area contributed by atoms with E-state index >= 15 is 0 Å². The van der Waals surface area contributed by atoms with Crippen LogP contribution in [0.3, 0.4) is 0 Å². The first kappa shape index (κ1) is 28.9. The van der Waals surface area contributed by atoms with Gasteiger partial charge in [-0.15, -0.1) is 0 Å². The Morgan fingerprint density at radius 2 is 1.76 bits per heavy atom. The minimum Gasteiger partial charge on any atom is -0.459 e. The van der Waals surface area contributed by atoms with E-state index in [-0.39, 0.29) is 50.4 Å². The van der Waals surface area contributed by atoms with Gasteiger partial charge in [0.05, 0.1) is 12.2 Å². The average Bonchev–Trinajstić information content (AvgIpc) is 3.26. The van der Waals surface area contributed by atoms with Gasteiger partial charge in [0, 0.05) is 24.6 Å². The van der Waals surface area contributed by atoms with Gasteiger partial charge >= 0.3 is 24.0 Å². The highest BCUT2D eigenvalue weighted by Gasteiger charge is 2.57. The zero-order chi connectivity index (χ0) is 27.6. The molecular formula is C27H36F3NO6. The molecule has 1 heterocycles. The number of carbonyl (C=O) groups is 3. The number of rotatable bonds is 6. The molecule has 2 fully saturated rings. The maximum atomic E-state index is 13.7. The Kier molecular flexibility index (Phi) is 8.61. The van der Waals surface area contributed by atoms with Crippen LogP contribution in [0.4, 0.5) is 13.2 Å². The number of hydrogen-bond donors (Lipinski definition) is 0. The van der Waals surface area contributed by atoms with Crippen molar-refractivity contribution in [3.05, 3.63) is 35.9 Å². The molecule has 7 nitrogen and oxygen atoms in total. The highest BCUT2D eigenvalue weighted by atomic mass is 19.4. The van der Waals surface area contributed by atoms with E-state index in [1.54, 1.807) is 65.0 Å². The van der Waals surface area contributed by atoms with Gasteiger partial charge in [0.25, 0.3) is 0 Å². The summed E-state index contributed by atoms with van der Waals surface area (Å²) in [4.78, 5) is 40.0. The molecule has 3 rings (SSSR count). The van der Waals surface area contributed by atoms with Crippen LogP contribution in [0.25, 0.3) is 0 Å². The summed E-state index contributed by atoms with van der Waals surface area (Å²) in [6.07, 6.45) is -5.68. The predicted molar refractivity (Wildman–Crippen MR) is 129 cm³/mol. The molecule has 37 heavy (non-hydrogen) atoms. The fraction of sp³-hybridized carbons (Fsp3) is 0.667. The summed E-state index contributed by atoms with van der Waals surface area (Å²) >= 11 is 0. The number of benzene rings is 1. The van der Waals surface area contributed by atoms with Gasteiger partial charge in [0.1, 0.15) is 17.1 Å². The van der Waals surface area contributed by atoms with Crippen LogP contribution >= 0.6 is 0 Å². The van der Waals surface area contributed by atoms with E-state index in [0.717, 1.165) is 4.90 Å². The lowest BCUT2D eigenvalue weighted by Gasteiger charge is -2.43. The SMILES string of the molecule is CC(OC(=O)c1ccccc1)[C@]1(C(=O)OC(C)(C)C)CCC(N(C(=O)C(F)(F)F)[C@H]2CCOC[C@H]2C)C1. The first-order chi connectivity index (χ1) is 17.2. The lowest BCUT2D eigenvalue weighted by atomic mass is 9.80. The van der Waals surface area contributed by atoms with E-state index in [1.807, 2.05) is 0 Å². The van der Waals surface area contributed by atoms with Crippen molar-refractivity contribution in [1.29, 1.82) is 0 Å². The molecule has 206 valence electrons. The van der Waals surface area contributed by atoms with Gasteiger partial charge in [0.2, 0.25) is 0 Å². The Bertz CT molecular complexity index is 977. The second-order valence-corrected chi connectivity index (χ2v) is 11.1. The number of alkyl halides is 3. The summed E-state index contributed by atoms with van der Waals surface area (Å²) in [6.45, 7) is 8.85. The van der Waals surface area contributed by atoms with Gasteiger partial charge in [-0.05, 0) is 65.5 Å². The summed E-state index contributed by atoms with van der Waals surface area (Å²) in [6, 6.07) is 6.66. The molecule has 0 radical (unpaired) electrons. The average molecular weight is 528 g/mol. The maximum absolute atomic E-state index is 13.7. The summed E-state index contributed by atoms with van der Waals surface area (Å²) in [7, 11) is 0. The third-order valence-electron chi connectivity index (χ3n) is 7.22. The molecule has 1 amide bonds. The monoisotopic (exact) mass is 527 g/mol. The van der Waals surface area contributed by atoms with Gasteiger partial charge in [0.15, 0.2) is 0 Å². The number of ether oxygens (including phenoxy) is 3. The first-order valence-electron chi connectivity index (χ1n) is 12.6. The predicted octanol–water partition coefficient (Wildman–Crippen LogP) is 4.93. The summed E-state index contributed by atoms with van der Waals surface area (Å²) in [5.41, 5.74) is -2.00. The molecule has 1 aromatic rings. The molecule has 0 bridgehead atoms. The van der Waals surface area contributed by atoms with E-state index in [2.05, 4.69) is 0 Å². The lowest BCUT2D eigenvalue weighted by Crippen LogP contribution is -2.56. The van der Waals surface area contributed by atoms with Gasteiger partial charge in [-0.2, -0.15) is 13.2 Å². The second kappa shape index (κ2) is 11.0. The highest BCUT2D eigenvalue weighted by molar-refractivity contribution is 5.90. The zero-order valence-corrected chi connectivity index (χ0v) is 22.0. The third kappa shape index (κ3) is 6.64. The Hall–Kier alpha value is -2.62. The van der Waals surface area contributed by atoms with Crippen LogP contribution in [0.1, 0.15) is 70.7 Å². The first-order valence-corrected chi connectivity index (χ1v) is 12.6. The standard InChI is InChI=1S/C27H36F3NO6/c1-17-16-35-14-12-21(17)31(23(33)27(28,29)30)20-11-13-26(15-20,24(34)37-25(3,4)5)18(2)36-22(32)19-9-7-6-8-10-19/h6-10,17-18,20-21H,11-16H2,1-5H3/t17-,18?,20?,21+,26+/m1/s1. The molecule has 1 aliphatic heterocycles. The normalized spacial score (nSPS) is 27.3. The zero-order valence-electron chi connectivity index (χ0n) is 22.0. The van der Waals surface area contributed by atoms with Crippen molar-refractivity contribution in [1.82, 2.24) is 4.90 Å². The maximum Gasteiger partial charge on any atom is 0.471 e. The molecule has 5 atom stereocenters. The van der Waals surface area contributed by atoms with E-state index in [1.165, 1.54) is 0 Å². The van der Waals surface area contributed by atoms with Gasteiger partial charge in [-0.1, -0.05) is 25.1 Å². The summed E-state index contributed by atoms with van der Waals surface area (Å²) in [5.74, 6) is -3.55. The Balaban J connectivity index is 1.95. The number of carbonyl (C=O) groups excluding carboxylic acids is 3. The van der Waals surface area contributed by atoms with Crippen LogP contribution in [0, 0.1) is 11.3 Å². The van der Waals surface area contributed by atoms with E-state index < -0.39 is 53.2 Å². The molecule has 1 aliphatic carbocycles. The Morgan fingerprint density at radius 1 is 1.11 bits per heavy atom. The Labute approximate surface area is 215 Å². The number of nitrogens with zero attached hydrogens (tertiary/aromatic N) is 1. The van der Waals surface area contributed by atoms with Crippen LogP contribution in [-0.2, 0) is 23.8 Å². The van der Waals surface area contributed by atoms with Crippen molar-refractivity contribution in [2.24, 2.45) is 11.3 Å². The van der Waals surface area contributed by atoms with Crippen molar-refractivity contribution < 1.29 is 41.8 Å². The molecule has 0 spiro atoms. The molecule has 2 unspecified atom stereocenters. The van der Waals surface area contributed by atoms with Gasteiger partial charge in [-0.3, -0.25) is 9.59 Å². The van der Waals surface area contributed by atoms with E-state index in [4.69, 9.17) is 14.2 Å². The van der Waals surface area contributed by atoms with Crippen LogP contribution in [-0.4, -0.2) is 65.9 Å². The Morgan fingerprint density at radius 3 is 2.32 bits per heavy atom. The molecule has 1 saturated carbocycles. The fourth-order valence-electron chi connectivity index (χ4n) is 5.32. The van der Waals surface area contributed by atoms with Crippen molar-refractivity contribution in [2.45, 2.75) is 90.3 Å². The van der Waals surface area contributed by atoms with Gasteiger partial charge in [-0.25, -0.2) is 4.79 Å². The fourth-order valence-corrected chi connectivity index (χ4v) is 5.32. The minimum absolute atomic E-state index is 0.106. The number of esters is 2. The van der Waals surface area contributed by atoms with E-state index in [9.17, 15) is 27.6 Å². The molecule has 1 saturated heterocycles. The topological polar surface area (TPSA) is 82.1 Å². The molecule has 2 aliphatic rings. The van der Waals surface area contributed by atoms with Crippen molar-refractivity contribution in [2.75, 3.05) is 13.2 Å². The summed E-state index contributed by atoms with van der Waals surface area (Å²) < 4.78 is 58.0. The smallest absolute Gasteiger partial charge is 0.459 e. The van der Waals surface area contributed by atoms with E-state index in [0.29, 0.717) is 0 Å². The minimum atomic E-state index is -5.07. The molecular weight excluding hydrogens is 491 g/mol. The van der Waals surface area contributed by atoms with Crippen LogP contribution in [0.15, 0.2) is 30.3 Å². The van der Waals surface area contributed by atoms with Gasteiger partial charge < -0.3 is 19.1 Å². The van der Waals surface area contributed by atoms with Crippen LogP contribution in [0.2, 0.25) is 0 Å². The van der Waals surface area contributed by atoms with Crippen LogP contribution < -0.4 is 0 Å². The molecule has 1 aromatic carbocycles. The third-order valence-corrected chi connectivity index (χ3v) is 7.22.